The average molecular weight is 440 g/mol. The summed E-state index contributed by atoms with van der Waals surface area (Å²) in [6.45, 7) is 4.51. The summed E-state index contributed by atoms with van der Waals surface area (Å²) in [6, 6.07) is 10.7. The van der Waals surface area contributed by atoms with E-state index in [1.165, 1.54) is 0 Å². The molecule has 8 nitrogen and oxygen atoms in total. The molecule has 2 saturated heterocycles. The Morgan fingerprint density at radius 1 is 1.03 bits per heavy atom. The van der Waals surface area contributed by atoms with Gasteiger partial charge in [0.15, 0.2) is 6.61 Å². The SMILES string of the molecule is Cc1cc(Cl)ccc1OCC(=O)N1CC2CN(C(=O)c3ccc4n[nH]nc4c3)CC2C1. The summed E-state index contributed by atoms with van der Waals surface area (Å²) >= 11 is 5.97. The van der Waals surface area contributed by atoms with Crippen molar-refractivity contribution in [1.82, 2.24) is 25.2 Å². The molecule has 0 aliphatic carbocycles. The number of H-pyrrole nitrogens is 1. The molecule has 31 heavy (non-hydrogen) atoms. The average Bonchev–Trinajstić information content (AvgIpc) is 3.46. The number of carbonyl (C=O) groups excluding carboxylic acids is 2. The predicted octanol–water partition coefficient (Wildman–Crippen LogP) is 2.53. The first-order valence-corrected chi connectivity index (χ1v) is 10.6. The number of nitrogens with one attached hydrogen (secondary N) is 1. The third-order valence-electron chi connectivity index (χ3n) is 6.18. The Labute approximate surface area is 184 Å². The van der Waals surface area contributed by atoms with E-state index in [1.54, 1.807) is 30.3 Å². The van der Waals surface area contributed by atoms with Crippen molar-refractivity contribution in [2.24, 2.45) is 11.8 Å². The number of hydrogen-bond donors (Lipinski definition) is 1. The number of likely N-dealkylation sites (tertiary alicyclic amines) is 2. The van der Waals surface area contributed by atoms with Gasteiger partial charge in [-0.3, -0.25) is 9.59 Å². The van der Waals surface area contributed by atoms with Crippen LogP contribution in [-0.4, -0.2) is 69.8 Å². The van der Waals surface area contributed by atoms with Crippen molar-refractivity contribution < 1.29 is 14.3 Å². The van der Waals surface area contributed by atoms with Crippen molar-refractivity contribution in [3.8, 4) is 5.75 Å². The van der Waals surface area contributed by atoms with Crippen LogP contribution in [0.4, 0.5) is 0 Å². The van der Waals surface area contributed by atoms with E-state index in [0.717, 1.165) is 11.1 Å². The lowest BCUT2D eigenvalue weighted by Crippen LogP contribution is -2.37. The molecule has 0 spiro atoms. The number of fused-ring (bicyclic) bond motifs is 2. The van der Waals surface area contributed by atoms with E-state index in [2.05, 4.69) is 15.4 Å². The molecule has 2 aliphatic heterocycles. The molecule has 0 radical (unpaired) electrons. The summed E-state index contributed by atoms with van der Waals surface area (Å²) in [5, 5.41) is 11.3. The summed E-state index contributed by atoms with van der Waals surface area (Å²) in [4.78, 5) is 29.3. The number of carbonyl (C=O) groups is 2. The van der Waals surface area contributed by atoms with Gasteiger partial charge in [0.2, 0.25) is 0 Å². The lowest BCUT2D eigenvalue weighted by atomic mass is 10.0. The molecule has 5 rings (SSSR count). The summed E-state index contributed by atoms with van der Waals surface area (Å²) in [5.41, 5.74) is 2.93. The number of halogens is 1. The second-order valence-corrected chi connectivity index (χ2v) is 8.69. The van der Waals surface area contributed by atoms with Crippen LogP contribution in [0.3, 0.4) is 0 Å². The molecule has 2 unspecified atom stereocenters. The van der Waals surface area contributed by atoms with Crippen LogP contribution in [0.15, 0.2) is 36.4 Å². The number of aromatic nitrogens is 3. The van der Waals surface area contributed by atoms with E-state index in [9.17, 15) is 9.59 Å². The van der Waals surface area contributed by atoms with Crippen LogP contribution >= 0.6 is 11.6 Å². The maximum atomic E-state index is 12.9. The molecule has 3 aromatic rings. The normalized spacial score (nSPS) is 20.3. The topological polar surface area (TPSA) is 91.4 Å². The largest absolute Gasteiger partial charge is 0.483 e. The maximum Gasteiger partial charge on any atom is 0.260 e. The van der Waals surface area contributed by atoms with Crippen molar-refractivity contribution in [2.75, 3.05) is 32.8 Å². The van der Waals surface area contributed by atoms with Gasteiger partial charge in [0.25, 0.3) is 11.8 Å². The molecule has 2 fully saturated rings. The smallest absolute Gasteiger partial charge is 0.260 e. The fourth-order valence-electron chi connectivity index (χ4n) is 4.52. The zero-order valence-corrected chi connectivity index (χ0v) is 17.8. The van der Waals surface area contributed by atoms with Crippen LogP contribution in [0.5, 0.6) is 5.75 Å². The molecule has 1 aromatic heterocycles. The van der Waals surface area contributed by atoms with Crippen LogP contribution in [-0.2, 0) is 4.79 Å². The zero-order valence-electron chi connectivity index (χ0n) is 17.0. The minimum atomic E-state index is -0.0295. The van der Waals surface area contributed by atoms with Crippen molar-refractivity contribution in [3.63, 3.8) is 0 Å². The van der Waals surface area contributed by atoms with E-state index in [1.807, 2.05) is 22.8 Å². The van der Waals surface area contributed by atoms with Gasteiger partial charge in [-0.1, -0.05) is 11.6 Å². The number of aromatic amines is 1. The highest BCUT2D eigenvalue weighted by atomic mass is 35.5. The highest BCUT2D eigenvalue weighted by molar-refractivity contribution is 6.30. The quantitative estimate of drug-likeness (QED) is 0.674. The van der Waals surface area contributed by atoms with E-state index in [0.29, 0.717) is 59.9 Å². The third-order valence-corrected chi connectivity index (χ3v) is 6.41. The molecular weight excluding hydrogens is 418 g/mol. The highest BCUT2D eigenvalue weighted by Gasteiger charge is 2.43. The van der Waals surface area contributed by atoms with Crippen LogP contribution in [0, 0.1) is 18.8 Å². The van der Waals surface area contributed by atoms with Crippen molar-refractivity contribution >= 4 is 34.4 Å². The second kappa shape index (κ2) is 7.85. The number of rotatable bonds is 4. The Morgan fingerprint density at radius 3 is 2.48 bits per heavy atom. The van der Waals surface area contributed by atoms with Crippen LogP contribution < -0.4 is 4.74 Å². The first kappa shape index (κ1) is 19.8. The van der Waals surface area contributed by atoms with Gasteiger partial charge < -0.3 is 14.5 Å². The number of ether oxygens (including phenoxy) is 1. The van der Waals surface area contributed by atoms with Gasteiger partial charge in [-0.2, -0.15) is 15.4 Å². The standard InChI is InChI=1S/C22H22ClN5O3/c1-13-6-17(23)3-5-20(13)31-12-21(29)27-8-15-10-28(11-16(15)9-27)22(30)14-2-4-18-19(7-14)25-26-24-18/h2-7,15-16H,8-12H2,1H3,(H,24,25,26). The van der Waals surface area contributed by atoms with Crippen molar-refractivity contribution in [1.29, 1.82) is 0 Å². The molecule has 2 aromatic carbocycles. The fourth-order valence-corrected chi connectivity index (χ4v) is 4.75. The summed E-state index contributed by atoms with van der Waals surface area (Å²) < 4.78 is 5.71. The zero-order chi connectivity index (χ0) is 21.5. The van der Waals surface area contributed by atoms with Gasteiger partial charge in [-0.05, 0) is 48.9 Å². The fraction of sp³-hybridized carbons (Fsp3) is 0.364. The predicted molar refractivity (Wildman–Crippen MR) is 115 cm³/mol. The van der Waals surface area contributed by atoms with E-state index in [-0.39, 0.29) is 18.4 Å². The molecule has 2 aliphatic rings. The molecule has 9 heteroatoms. The van der Waals surface area contributed by atoms with Gasteiger partial charge in [0.05, 0.1) is 0 Å². The van der Waals surface area contributed by atoms with E-state index >= 15 is 0 Å². The monoisotopic (exact) mass is 439 g/mol. The molecule has 160 valence electrons. The molecule has 3 heterocycles. The minimum absolute atomic E-state index is 0.00118. The number of hydrogen-bond acceptors (Lipinski definition) is 5. The van der Waals surface area contributed by atoms with Crippen molar-refractivity contribution in [3.05, 3.63) is 52.5 Å². The highest BCUT2D eigenvalue weighted by Crippen LogP contribution is 2.32. The van der Waals surface area contributed by atoms with Gasteiger partial charge in [0, 0.05) is 48.6 Å². The molecule has 0 saturated carbocycles. The van der Waals surface area contributed by atoms with Gasteiger partial charge >= 0.3 is 0 Å². The first-order chi connectivity index (χ1) is 15.0. The molecular formula is C22H22ClN5O3. The van der Waals surface area contributed by atoms with E-state index in [4.69, 9.17) is 16.3 Å². The van der Waals surface area contributed by atoms with E-state index < -0.39 is 0 Å². The maximum absolute atomic E-state index is 12.9. The Bertz CT molecular complexity index is 1150. The second-order valence-electron chi connectivity index (χ2n) is 8.25. The first-order valence-electron chi connectivity index (χ1n) is 10.2. The Balaban J connectivity index is 1.16. The number of amides is 2. The van der Waals surface area contributed by atoms with Crippen molar-refractivity contribution in [2.45, 2.75) is 6.92 Å². The molecule has 2 atom stereocenters. The Kier molecular flexibility index (Phi) is 5.02. The third kappa shape index (κ3) is 3.83. The summed E-state index contributed by atoms with van der Waals surface area (Å²) in [7, 11) is 0. The number of benzene rings is 2. The summed E-state index contributed by atoms with van der Waals surface area (Å²) in [6.07, 6.45) is 0. The van der Waals surface area contributed by atoms with Crippen LogP contribution in [0.2, 0.25) is 5.02 Å². The Hall–Kier alpha value is -3.13. The van der Waals surface area contributed by atoms with Gasteiger partial charge in [-0.15, -0.1) is 0 Å². The number of nitrogens with zero attached hydrogens (tertiary/aromatic N) is 4. The van der Waals surface area contributed by atoms with Crippen LogP contribution in [0.25, 0.3) is 11.0 Å². The molecule has 1 N–H and O–H groups in total. The summed E-state index contributed by atoms with van der Waals surface area (Å²) in [5.74, 6) is 1.22. The lowest BCUT2D eigenvalue weighted by molar-refractivity contribution is -0.132. The molecule has 0 bridgehead atoms. The Morgan fingerprint density at radius 2 is 1.74 bits per heavy atom. The minimum Gasteiger partial charge on any atom is -0.483 e. The van der Waals surface area contributed by atoms with Gasteiger partial charge in [-0.25, -0.2) is 0 Å². The molecule has 2 amide bonds. The van der Waals surface area contributed by atoms with Gasteiger partial charge in [0.1, 0.15) is 16.8 Å². The number of aryl methyl sites for hydroxylation is 1. The van der Waals surface area contributed by atoms with Crippen LogP contribution in [0.1, 0.15) is 15.9 Å². The lowest BCUT2D eigenvalue weighted by Gasteiger charge is -2.22.